The molecule has 2 aromatic rings. The highest BCUT2D eigenvalue weighted by Gasteiger charge is 2.31. The third-order valence-corrected chi connectivity index (χ3v) is 5.08. The molecule has 27 heavy (non-hydrogen) atoms. The van der Waals surface area contributed by atoms with Crippen LogP contribution in [0.4, 0.5) is 10.1 Å². The summed E-state index contributed by atoms with van der Waals surface area (Å²) in [6, 6.07) is 16.6. The largest absolute Gasteiger partial charge is 0.382 e. The molecule has 0 saturated carbocycles. The standard InChI is InChI=1S/C21H22FN3O2/c22-16-6-4-5-15(13-16)19-14-20(27-24-19)21(26)23-17-9-11-25(12-10-17)18-7-2-1-3-8-18/h1-8,13,17,20H,9-12,14H2,(H,23,26). The number of halogens is 1. The molecule has 4 rings (SSSR count). The smallest absolute Gasteiger partial charge is 0.264 e. The van der Waals surface area contributed by atoms with E-state index in [4.69, 9.17) is 4.84 Å². The van der Waals surface area contributed by atoms with Crippen LogP contribution in [0.25, 0.3) is 0 Å². The average Bonchev–Trinajstić information content (AvgIpc) is 3.20. The lowest BCUT2D eigenvalue weighted by molar-refractivity contribution is -0.132. The Kier molecular flexibility index (Phi) is 5.05. The van der Waals surface area contributed by atoms with Gasteiger partial charge in [-0.15, -0.1) is 0 Å². The number of anilines is 1. The van der Waals surface area contributed by atoms with E-state index in [1.54, 1.807) is 12.1 Å². The maximum atomic E-state index is 13.4. The fraction of sp³-hybridized carbons (Fsp3) is 0.333. The highest BCUT2D eigenvalue weighted by atomic mass is 19.1. The zero-order valence-corrected chi connectivity index (χ0v) is 15.0. The van der Waals surface area contributed by atoms with E-state index < -0.39 is 6.10 Å². The lowest BCUT2D eigenvalue weighted by Crippen LogP contribution is -2.47. The Balaban J connectivity index is 1.27. The minimum absolute atomic E-state index is 0.138. The van der Waals surface area contributed by atoms with Gasteiger partial charge >= 0.3 is 0 Å². The van der Waals surface area contributed by atoms with Gasteiger partial charge in [-0.25, -0.2) is 4.39 Å². The predicted molar refractivity (Wildman–Crippen MR) is 102 cm³/mol. The molecule has 2 aliphatic heterocycles. The first-order valence-electron chi connectivity index (χ1n) is 9.28. The summed E-state index contributed by atoms with van der Waals surface area (Å²) in [5.41, 5.74) is 2.48. The van der Waals surface area contributed by atoms with Crippen molar-refractivity contribution in [2.24, 2.45) is 5.16 Å². The van der Waals surface area contributed by atoms with E-state index in [1.165, 1.54) is 17.8 Å². The third kappa shape index (κ3) is 4.10. The van der Waals surface area contributed by atoms with Crippen molar-refractivity contribution in [3.8, 4) is 0 Å². The van der Waals surface area contributed by atoms with Gasteiger partial charge in [0.2, 0.25) is 6.10 Å². The van der Waals surface area contributed by atoms with Crippen molar-refractivity contribution in [1.29, 1.82) is 0 Å². The molecule has 2 heterocycles. The molecule has 0 aliphatic carbocycles. The predicted octanol–water partition coefficient (Wildman–Crippen LogP) is 3.10. The molecule has 1 amide bonds. The summed E-state index contributed by atoms with van der Waals surface area (Å²) >= 11 is 0. The summed E-state index contributed by atoms with van der Waals surface area (Å²) in [6.07, 6.45) is 1.50. The Labute approximate surface area is 157 Å². The van der Waals surface area contributed by atoms with Crippen molar-refractivity contribution >= 4 is 17.3 Å². The topological polar surface area (TPSA) is 53.9 Å². The highest BCUT2D eigenvalue weighted by Crippen LogP contribution is 2.21. The summed E-state index contributed by atoms with van der Waals surface area (Å²) in [7, 11) is 0. The monoisotopic (exact) mass is 367 g/mol. The summed E-state index contributed by atoms with van der Waals surface area (Å²) in [5, 5.41) is 7.05. The number of hydrogen-bond acceptors (Lipinski definition) is 4. The Hall–Kier alpha value is -2.89. The number of nitrogens with one attached hydrogen (secondary N) is 1. The van der Waals surface area contributed by atoms with Crippen molar-refractivity contribution < 1.29 is 14.0 Å². The molecule has 1 atom stereocenters. The van der Waals surface area contributed by atoms with Gasteiger partial charge in [0.1, 0.15) is 5.82 Å². The van der Waals surface area contributed by atoms with E-state index in [1.807, 2.05) is 18.2 Å². The number of oxime groups is 1. The molecule has 0 bridgehead atoms. The first-order valence-corrected chi connectivity index (χ1v) is 9.28. The van der Waals surface area contributed by atoms with Gasteiger partial charge < -0.3 is 15.1 Å². The van der Waals surface area contributed by atoms with Gasteiger partial charge in [-0.05, 0) is 37.1 Å². The lowest BCUT2D eigenvalue weighted by Gasteiger charge is -2.34. The van der Waals surface area contributed by atoms with Crippen LogP contribution < -0.4 is 10.2 Å². The van der Waals surface area contributed by atoms with E-state index in [-0.39, 0.29) is 17.8 Å². The van der Waals surface area contributed by atoms with Crippen LogP contribution in [0.15, 0.2) is 59.8 Å². The summed E-state index contributed by atoms with van der Waals surface area (Å²) in [6.45, 7) is 1.82. The number of para-hydroxylation sites is 1. The number of carbonyl (C=O) groups excluding carboxylic acids is 1. The SMILES string of the molecule is O=C(NC1CCN(c2ccccc2)CC1)C1CC(c2cccc(F)c2)=NO1. The zero-order valence-electron chi connectivity index (χ0n) is 15.0. The molecule has 1 unspecified atom stereocenters. The number of benzene rings is 2. The van der Waals surface area contributed by atoms with Crippen LogP contribution in [-0.2, 0) is 9.63 Å². The second-order valence-corrected chi connectivity index (χ2v) is 6.95. The number of amides is 1. The second-order valence-electron chi connectivity index (χ2n) is 6.95. The zero-order chi connectivity index (χ0) is 18.6. The van der Waals surface area contributed by atoms with Gasteiger partial charge in [0.05, 0.1) is 5.71 Å². The molecular weight excluding hydrogens is 345 g/mol. The molecule has 140 valence electrons. The maximum absolute atomic E-state index is 13.4. The Morgan fingerprint density at radius 1 is 1.11 bits per heavy atom. The Bertz CT molecular complexity index is 832. The van der Waals surface area contributed by atoms with Gasteiger partial charge in [-0.3, -0.25) is 4.79 Å². The van der Waals surface area contributed by atoms with Gasteiger partial charge in [0.15, 0.2) is 0 Å². The van der Waals surface area contributed by atoms with Crippen LogP contribution in [0.1, 0.15) is 24.8 Å². The quantitative estimate of drug-likeness (QED) is 0.903. The van der Waals surface area contributed by atoms with Crippen molar-refractivity contribution in [2.75, 3.05) is 18.0 Å². The molecule has 6 heteroatoms. The van der Waals surface area contributed by atoms with E-state index in [2.05, 4.69) is 27.5 Å². The van der Waals surface area contributed by atoms with Gasteiger partial charge in [-0.1, -0.05) is 35.5 Å². The minimum Gasteiger partial charge on any atom is -0.382 e. The van der Waals surface area contributed by atoms with Crippen molar-refractivity contribution in [3.05, 3.63) is 66.0 Å². The Morgan fingerprint density at radius 2 is 1.89 bits per heavy atom. The van der Waals surface area contributed by atoms with E-state index in [0.717, 1.165) is 25.9 Å². The van der Waals surface area contributed by atoms with Crippen LogP contribution in [0.2, 0.25) is 0 Å². The molecule has 1 saturated heterocycles. The van der Waals surface area contributed by atoms with Gasteiger partial charge in [-0.2, -0.15) is 0 Å². The molecule has 1 fully saturated rings. The molecular formula is C21H22FN3O2. The van der Waals surface area contributed by atoms with Crippen LogP contribution in [-0.4, -0.2) is 36.9 Å². The fourth-order valence-electron chi connectivity index (χ4n) is 3.57. The van der Waals surface area contributed by atoms with Gasteiger partial charge in [0.25, 0.3) is 5.91 Å². The lowest BCUT2D eigenvalue weighted by atomic mass is 10.0. The average molecular weight is 367 g/mol. The molecule has 5 nitrogen and oxygen atoms in total. The minimum atomic E-state index is -0.643. The molecule has 1 N–H and O–H groups in total. The Morgan fingerprint density at radius 3 is 2.63 bits per heavy atom. The first-order chi connectivity index (χ1) is 13.2. The van der Waals surface area contributed by atoms with Gasteiger partial charge in [0, 0.05) is 36.8 Å². The fourth-order valence-corrected chi connectivity index (χ4v) is 3.57. The molecule has 2 aromatic carbocycles. The number of hydrogen-bond donors (Lipinski definition) is 1. The molecule has 2 aliphatic rings. The van der Waals surface area contributed by atoms with E-state index in [0.29, 0.717) is 17.7 Å². The van der Waals surface area contributed by atoms with Crippen molar-refractivity contribution in [2.45, 2.75) is 31.4 Å². The number of carbonyl (C=O) groups is 1. The van der Waals surface area contributed by atoms with Crippen LogP contribution in [0.3, 0.4) is 0 Å². The highest BCUT2D eigenvalue weighted by molar-refractivity contribution is 6.04. The number of piperidine rings is 1. The summed E-state index contributed by atoms with van der Waals surface area (Å²) in [5.74, 6) is -0.475. The summed E-state index contributed by atoms with van der Waals surface area (Å²) in [4.78, 5) is 20.1. The summed E-state index contributed by atoms with van der Waals surface area (Å²) < 4.78 is 13.4. The second kappa shape index (κ2) is 7.78. The van der Waals surface area contributed by atoms with Crippen LogP contribution in [0, 0.1) is 5.82 Å². The maximum Gasteiger partial charge on any atom is 0.264 e. The number of rotatable bonds is 4. The van der Waals surface area contributed by atoms with Crippen LogP contribution in [0.5, 0.6) is 0 Å². The van der Waals surface area contributed by atoms with Crippen molar-refractivity contribution in [1.82, 2.24) is 5.32 Å². The molecule has 0 spiro atoms. The number of nitrogens with zero attached hydrogens (tertiary/aromatic N) is 2. The molecule has 0 radical (unpaired) electrons. The molecule has 0 aromatic heterocycles. The normalized spacial score (nSPS) is 20.1. The first kappa shape index (κ1) is 17.5. The van der Waals surface area contributed by atoms with Crippen molar-refractivity contribution in [3.63, 3.8) is 0 Å². The van der Waals surface area contributed by atoms with Crippen LogP contribution >= 0.6 is 0 Å². The third-order valence-electron chi connectivity index (χ3n) is 5.08. The van der Waals surface area contributed by atoms with E-state index in [9.17, 15) is 9.18 Å². The van der Waals surface area contributed by atoms with E-state index >= 15 is 0 Å².